The lowest BCUT2D eigenvalue weighted by atomic mass is 9.90. The Bertz CT molecular complexity index is 1400. The molecule has 1 aliphatic rings. The van der Waals surface area contributed by atoms with E-state index >= 15 is 0 Å². The van der Waals surface area contributed by atoms with Crippen LogP contribution in [-0.4, -0.2) is 38.9 Å². The van der Waals surface area contributed by atoms with Crippen LogP contribution in [0.5, 0.6) is 5.75 Å². The lowest BCUT2D eigenvalue weighted by Gasteiger charge is -2.26. The lowest BCUT2D eigenvalue weighted by molar-refractivity contribution is -0.141. The molecular formula is C26H21F3N2O4. The SMILES string of the molecule is O=C(O)c1ccc(-n2c(C3CCOCC3)c(-c3ccnc(C(F)(F)F)c3)c3cccc(O)c32)cc1. The number of pyridine rings is 1. The number of phenolic OH excluding ortho intramolecular Hbond substituents is 1. The average molecular weight is 482 g/mol. The highest BCUT2D eigenvalue weighted by molar-refractivity contribution is 6.02. The molecule has 5 rings (SSSR count). The van der Waals surface area contributed by atoms with Crippen molar-refractivity contribution in [1.82, 2.24) is 9.55 Å². The smallest absolute Gasteiger partial charge is 0.433 e. The molecule has 9 heteroatoms. The first-order valence-electron chi connectivity index (χ1n) is 11.1. The highest BCUT2D eigenvalue weighted by atomic mass is 19.4. The third kappa shape index (κ3) is 4.12. The normalized spacial score (nSPS) is 14.9. The number of para-hydroxylation sites is 1. The van der Waals surface area contributed by atoms with Gasteiger partial charge in [-0.15, -0.1) is 0 Å². The number of fused-ring (bicyclic) bond motifs is 1. The molecule has 0 saturated carbocycles. The Balaban J connectivity index is 1.85. The Morgan fingerprint density at radius 3 is 2.43 bits per heavy atom. The Labute approximate surface area is 198 Å². The number of benzene rings is 2. The van der Waals surface area contributed by atoms with Gasteiger partial charge in [0, 0.05) is 47.7 Å². The molecule has 4 aromatic rings. The van der Waals surface area contributed by atoms with Crippen molar-refractivity contribution in [2.75, 3.05) is 13.2 Å². The predicted octanol–water partition coefficient (Wildman–Crippen LogP) is 6.01. The van der Waals surface area contributed by atoms with E-state index in [1.807, 2.05) is 4.57 Å². The number of nitrogens with zero attached hydrogens (tertiary/aromatic N) is 2. The summed E-state index contributed by atoms with van der Waals surface area (Å²) in [6, 6.07) is 13.7. The van der Waals surface area contributed by atoms with Gasteiger partial charge in [0.15, 0.2) is 0 Å². The number of halogens is 3. The van der Waals surface area contributed by atoms with Gasteiger partial charge < -0.3 is 19.5 Å². The van der Waals surface area contributed by atoms with Crippen LogP contribution >= 0.6 is 0 Å². The molecular weight excluding hydrogens is 461 g/mol. The van der Waals surface area contributed by atoms with Crippen molar-refractivity contribution in [1.29, 1.82) is 0 Å². The number of carboxylic acids is 1. The number of phenols is 1. The summed E-state index contributed by atoms with van der Waals surface area (Å²) >= 11 is 0. The molecule has 180 valence electrons. The standard InChI is InChI=1S/C26H21F3N2O4/c27-26(28,29)21-14-17(8-11-30-21)22-19-2-1-3-20(32)24(19)31(23(22)15-9-12-35-13-10-15)18-6-4-16(5-7-18)25(33)34/h1-8,11,14-15,32H,9-10,12-13H2,(H,33,34). The number of carboxylic acid groups (broad SMARTS) is 1. The second-order valence-electron chi connectivity index (χ2n) is 8.44. The van der Waals surface area contributed by atoms with Gasteiger partial charge in [0.25, 0.3) is 0 Å². The van der Waals surface area contributed by atoms with Gasteiger partial charge in [-0.1, -0.05) is 12.1 Å². The molecule has 0 amide bonds. The zero-order chi connectivity index (χ0) is 24.7. The molecule has 0 unspecified atom stereocenters. The fourth-order valence-electron chi connectivity index (χ4n) is 4.76. The zero-order valence-electron chi connectivity index (χ0n) is 18.4. The van der Waals surface area contributed by atoms with Crippen LogP contribution in [0, 0.1) is 0 Å². The van der Waals surface area contributed by atoms with Gasteiger partial charge >= 0.3 is 12.1 Å². The van der Waals surface area contributed by atoms with Gasteiger partial charge in [-0.25, -0.2) is 4.79 Å². The number of alkyl halides is 3. The van der Waals surface area contributed by atoms with Gasteiger partial charge in [-0.2, -0.15) is 13.2 Å². The van der Waals surface area contributed by atoms with E-state index < -0.39 is 17.8 Å². The Morgan fingerprint density at radius 2 is 1.77 bits per heavy atom. The van der Waals surface area contributed by atoms with E-state index in [9.17, 15) is 28.2 Å². The topological polar surface area (TPSA) is 84.6 Å². The molecule has 0 bridgehead atoms. The molecule has 1 saturated heterocycles. The highest BCUT2D eigenvalue weighted by Crippen LogP contribution is 2.46. The molecule has 2 N–H and O–H groups in total. The van der Waals surface area contributed by atoms with E-state index in [4.69, 9.17) is 4.74 Å². The molecule has 1 fully saturated rings. The first kappa shape index (κ1) is 22.9. The number of aromatic carboxylic acids is 1. The highest BCUT2D eigenvalue weighted by Gasteiger charge is 2.34. The van der Waals surface area contributed by atoms with Gasteiger partial charge in [0.2, 0.25) is 0 Å². The van der Waals surface area contributed by atoms with E-state index in [-0.39, 0.29) is 17.2 Å². The van der Waals surface area contributed by atoms with Gasteiger partial charge in [-0.05, 0) is 60.9 Å². The summed E-state index contributed by atoms with van der Waals surface area (Å²) in [6.07, 6.45) is -2.18. The van der Waals surface area contributed by atoms with Crippen LogP contribution in [0.1, 0.15) is 40.5 Å². The maximum atomic E-state index is 13.5. The predicted molar refractivity (Wildman–Crippen MR) is 123 cm³/mol. The van der Waals surface area contributed by atoms with Crippen LogP contribution < -0.4 is 0 Å². The molecule has 1 aliphatic heterocycles. The number of aromatic nitrogens is 2. The number of aromatic hydroxyl groups is 1. The van der Waals surface area contributed by atoms with Crippen molar-refractivity contribution in [2.24, 2.45) is 0 Å². The van der Waals surface area contributed by atoms with Crippen molar-refractivity contribution >= 4 is 16.9 Å². The number of rotatable bonds is 4. The summed E-state index contributed by atoms with van der Waals surface area (Å²) in [4.78, 5) is 14.9. The minimum atomic E-state index is -4.61. The largest absolute Gasteiger partial charge is 0.506 e. The molecule has 2 aromatic heterocycles. The van der Waals surface area contributed by atoms with Crippen molar-refractivity contribution in [3.05, 3.63) is 77.7 Å². The van der Waals surface area contributed by atoms with Crippen LogP contribution in [0.15, 0.2) is 60.8 Å². The first-order valence-corrected chi connectivity index (χ1v) is 11.1. The van der Waals surface area contributed by atoms with E-state index in [1.165, 1.54) is 24.3 Å². The van der Waals surface area contributed by atoms with Crippen LogP contribution in [0.4, 0.5) is 13.2 Å². The third-order valence-corrected chi connectivity index (χ3v) is 6.32. The fraction of sp³-hybridized carbons (Fsp3) is 0.231. The number of hydrogen-bond donors (Lipinski definition) is 2. The van der Waals surface area contributed by atoms with Crippen LogP contribution in [-0.2, 0) is 10.9 Å². The Morgan fingerprint density at radius 1 is 1.06 bits per heavy atom. The molecule has 3 heterocycles. The van der Waals surface area contributed by atoms with Crippen molar-refractivity contribution in [3.8, 4) is 22.6 Å². The lowest BCUT2D eigenvalue weighted by Crippen LogP contribution is -2.17. The molecule has 0 radical (unpaired) electrons. The average Bonchev–Trinajstić information content (AvgIpc) is 3.21. The summed E-state index contributed by atoms with van der Waals surface area (Å²) in [5, 5.41) is 20.8. The van der Waals surface area contributed by atoms with Gasteiger partial charge in [0.05, 0.1) is 11.1 Å². The van der Waals surface area contributed by atoms with Crippen LogP contribution in [0.2, 0.25) is 0 Å². The minimum absolute atomic E-state index is 0.0329. The summed E-state index contributed by atoms with van der Waals surface area (Å²) in [5.74, 6) is -1.17. The fourth-order valence-corrected chi connectivity index (χ4v) is 4.76. The summed E-state index contributed by atoms with van der Waals surface area (Å²) in [5.41, 5.74) is 1.80. The third-order valence-electron chi connectivity index (χ3n) is 6.32. The number of ether oxygens (including phenoxy) is 1. The summed E-state index contributed by atoms with van der Waals surface area (Å²) < 4.78 is 47.9. The minimum Gasteiger partial charge on any atom is -0.506 e. The Hall–Kier alpha value is -3.85. The van der Waals surface area contributed by atoms with Crippen molar-refractivity contribution < 1.29 is 32.9 Å². The number of carbonyl (C=O) groups is 1. The van der Waals surface area contributed by atoms with E-state index in [0.29, 0.717) is 53.8 Å². The second kappa shape index (κ2) is 8.74. The van der Waals surface area contributed by atoms with Crippen molar-refractivity contribution in [3.63, 3.8) is 0 Å². The number of hydrogen-bond acceptors (Lipinski definition) is 4. The molecule has 0 atom stereocenters. The monoisotopic (exact) mass is 482 g/mol. The molecule has 0 spiro atoms. The van der Waals surface area contributed by atoms with Gasteiger partial charge in [0.1, 0.15) is 11.4 Å². The summed E-state index contributed by atoms with van der Waals surface area (Å²) in [7, 11) is 0. The van der Waals surface area contributed by atoms with E-state index in [1.54, 1.807) is 24.3 Å². The summed E-state index contributed by atoms with van der Waals surface area (Å²) in [6.45, 7) is 0.999. The molecule has 35 heavy (non-hydrogen) atoms. The van der Waals surface area contributed by atoms with E-state index in [0.717, 1.165) is 18.0 Å². The van der Waals surface area contributed by atoms with Crippen molar-refractivity contribution in [2.45, 2.75) is 24.9 Å². The second-order valence-corrected chi connectivity index (χ2v) is 8.44. The van der Waals surface area contributed by atoms with Crippen LogP contribution in [0.3, 0.4) is 0 Å². The Kier molecular flexibility index (Phi) is 5.72. The molecule has 0 aliphatic carbocycles. The first-order chi connectivity index (χ1) is 16.8. The van der Waals surface area contributed by atoms with Crippen LogP contribution in [0.25, 0.3) is 27.7 Å². The zero-order valence-corrected chi connectivity index (χ0v) is 18.4. The maximum absolute atomic E-state index is 13.5. The molecule has 2 aromatic carbocycles. The molecule has 6 nitrogen and oxygen atoms in total. The van der Waals surface area contributed by atoms with Gasteiger partial charge in [-0.3, -0.25) is 4.98 Å². The maximum Gasteiger partial charge on any atom is 0.433 e. The quantitative estimate of drug-likeness (QED) is 0.372. The van der Waals surface area contributed by atoms with E-state index in [2.05, 4.69) is 4.98 Å².